The number of amides is 1. The number of hydrogen-bond donors (Lipinski definition) is 2. The maximum Gasteiger partial charge on any atom is 0.387 e. The Hall–Kier alpha value is -3.55. The third kappa shape index (κ3) is 5.73. The van der Waals surface area contributed by atoms with Crippen molar-refractivity contribution >= 4 is 29.0 Å². The predicted molar refractivity (Wildman–Crippen MR) is 134 cm³/mol. The van der Waals surface area contributed by atoms with Gasteiger partial charge in [0.25, 0.3) is 5.91 Å². The lowest BCUT2D eigenvalue weighted by Gasteiger charge is -2.12. The summed E-state index contributed by atoms with van der Waals surface area (Å²) in [5.41, 5.74) is 1.67. The lowest BCUT2D eigenvalue weighted by atomic mass is 10.1. The van der Waals surface area contributed by atoms with E-state index in [1.165, 1.54) is 28.5 Å². The summed E-state index contributed by atoms with van der Waals surface area (Å²) in [5, 5.41) is 15.1. The number of hydrogen-bond acceptors (Lipinski definition) is 8. The molecule has 1 unspecified atom stereocenters. The van der Waals surface area contributed by atoms with Crippen molar-refractivity contribution in [1.29, 1.82) is 0 Å². The van der Waals surface area contributed by atoms with Crippen LogP contribution in [0, 0.1) is 0 Å². The van der Waals surface area contributed by atoms with Crippen molar-refractivity contribution < 1.29 is 23.0 Å². The van der Waals surface area contributed by atoms with E-state index in [1.807, 2.05) is 6.26 Å². The van der Waals surface area contributed by atoms with Gasteiger partial charge in [0.05, 0.1) is 25.0 Å². The first-order valence-corrected chi connectivity index (χ1v) is 12.9. The number of carbonyl (C=O) groups excluding carboxylic acids is 1. The minimum atomic E-state index is -3.01. The van der Waals surface area contributed by atoms with Crippen LogP contribution in [0.4, 0.5) is 14.5 Å². The maximum atomic E-state index is 13.2. The molecule has 5 rings (SSSR count). The fourth-order valence-electron chi connectivity index (χ4n) is 4.10. The highest BCUT2D eigenvalue weighted by molar-refractivity contribution is 7.98. The monoisotopic (exact) mass is 529 g/mol. The highest BCUT2D eigenvalue weighted by Crippen LogP contribution is 2.37. The van der Waals surface area contributed by atoms with Gasteiger partial charge in [-0.2, -0.15) is 19.0 Å². The Morgan fingerprint density at radius 1 is 1.38 bits per heavy atom. The molecule has 0 radical (unpaired) electrons. The molecule has 10 nitrogen and oxygen atoms in total. The number of rotatable bonds is 10. The molecule has 0 saturated carbocycles. The van der Waals surface area contributed by atoms with E-state index in [4.69, 9.17) is 9.47 Å². The highest BCUT2D eigenvalue weighted by atomic mass is 32.2. The molecule has 37 heavy (non-hydrogen) atoms. The van der Waals surface area contributed by atoms with Crippen LogP contribution >= 0.6 is 11.8 Å². The van der Waals surface area contributed by atoms with E-state index in [1.54, 1.807) is 41.5 Å². The number of anilines is 1. The Labute approximate surface area is 215 Å². The Kier molecular flexibility index (Phi) is 7.63. The van der Waals surface area contributed by atoms with Gasteiger partial charge in [-0.1, -0.05) is 0 Å². The van der Waals surface area contributed by atoms with Crippen LogP contribution in [0.15, 0.2) is 53.9 Å². The minimum Gasteiger partial charge on any atom is -0.434 e. The fraction of sp³-hybridized carbons (Fsp3) is 0.333. The quantitative estimate of drug-likeness (QED) is 0.301. The largest absolute Gasteiger partial charge is 0.434 e. The summed E-state index contributed by atoms with van der Waals surface area (Å²) < 4.78 is 39.8. The Balaban J connectivity index is 1.48. The van der Waals surface area contributed by atoms with E-state index >= 15 is 0 Å². The maximum absolute atomic E-state index is 13.2. The molecule has 1 aliphatic heterocycles. The number of aromatic nitrogens is 5. The van der Waals surface area contributed by atoms with Crippen LogP contribution in [0.5, 0.6) is 5.75 Å². The Morgan fingerprint density at radius 2 is 2.27 bits per heavy atom. The van der Waals surface area contributed by atoms with Crippen LogP contribution in [-0.2, 0) is 11.3 Å². The van der Waals surface area contributed by atoms with Gasteiger partial charge in [-0.15, -0.1) is 11.8 Å². The number of thioether (sulfide) groups is 1. The van der Waals surface area contributed by atoms with Gasteiger partial charge in [0.1, 0.15) is 17.0 Å². The first-order chi connectivity index (χ1) is 18.0. The molecule has 4 heterocycles. The Morgan fingerprint density at radius 3 is 3.05 bits per heavy atom. The molecule has 194 valence electrons. The molecule has 0 spiro atoms. The number of benzene rings is 1. The third-order valence-corrected chi connectivity index (χ3v) is 6.62. The molecule has 1 aliphatic rings. The molecule has 1 fully saturated rings. The third-order valence-electron chi connectivity index (χ3n) is 5.90. The molecule has 3 aromatic heterocycles. The molecule has 1 amide bonds. The van der Waals surface area contributed by atoms with Crippen molar-refractivity contribution in [3.63, 3.8) is 0 Å². The zero-order valence-electron chi connectivity index (χ0n) is 19.9. The van der Waals surface area contributed by atoms with E-state index < -0.39 is 12.5 Å². The number of nitrogens with one attached hydrogen (secondary N) is 2. The molecular formula is C24H25F2N7O3S. The second-order valence-electron chi connectivity index (χ2n) is 8.31. The molecule has 0 aliphatic carbocycles. The zero-order valence-corrected chi connectivity index (χ0v) is 20.8. The summed E-state index contributed by atoms with van der Waals surface area (Å²) in [6.07, 6.45) is 9.18. The van der Waals surface area contributed by atoms with E-state index in [9.17, 15) is 13.6 Å². The molecule has 1 aromatic carbocycles. The normalized spacial score (nSPS) is 15.5. The molecular weight excluding hydrogens is 504 g/mol. The molecule has 13 heteroatoms. The van der Waals surface area contributed by atoms with Crippen LogP contribution in [0.3, 0.4) is 0 Å². The number of carbonyl (C=O) groups is 1. The van der Waals surface area contributed by atoms with Crippen molar-refractivity contribution in [3.05, 3.63) is 54.6 Å². The van der Waals surface area contributed by atoms with E-state index in [2.05, 4.69) is 25.8 Å². The fourth-order valence-corrected chi connectivity index (χ4v) is 4.54. The second kappa shape index (κ2) is 11.2. The lowest BCUT2D eigenvalue weighted by Crippen LogP contribution is -2.32. The van der Waals surface area contributed by atoms with Crippen LogP contribution in [-0.4, -0.2) is 69.0 Å². The summed E-state index contributed by atoms with van der Waals surface area (Å²) in [5.74, 6) is -0.486. The number of fused-ring (bicyclic) bond motifs is 1. The smallest absolute Gasteiger partial charge is 0.387 e. The Bertz CT molecular complexity index is 1390. The number of ether oxygens (including phenoxy) is 2. The summed E-state index contributed by atoms with van der Waals surface area (Å²) in [4.78, 5) is 18.3. The summed E-state index contributed by atoms with van der Waals surface area (Å²) in [7, 11) is 0. The molecule has 2 N–H and O–H groups in total. The van der Waals surface area contributed by atoms with Gasteiger partial charge in [0, 0.05) is 48.2 Å². The summed E-state index contributed by atoms with van der Waals surface area (Å²) >= 11 is 1.45. The molecule has 1 saturated heterocycles. The van der Waals surface area contributed by atoms with Crippen LogP contribution in [0.1, 0.15) is 16.8 Å². The highest BCUT2D eigenvalue weighted by Gasteiger charge is 2.22. The van der Waals surface area contributed by atoms with Crippen molar-refractivity contribution in [1.82, 2.24) is 29.7 Å². The van der Waals surface area contributed by atoms with Gasteiger partial charge in [-0.25, -0.2) is 9.50 Å². The van der Waals surface area contributed by atoms with Gasteiger partial charge in [-0.05, 0) is 36.9 Å². The first-order valence-electron chi connectivity index (χ1n) is 11.6. The second-order valence-corrected chi connectivity index (χ2v) is 9.19. The van der Waals surface area contributed by atoms with Crippen LogP contribution < -0.4 is 15.4 Å². The lowest BCUT2D eigenvalue weighted by molar-refractivity contribution is -0.0494. The standard InChI is InChI=1S/C24H25F2N7O3S/c1-37-16-3-4-20(36-24(25)26)17(11-16)21-19(13-32(31-21)9-7-27-15-5-10-35-14-15)30-23(34)18-12-29-33-8-2-6-28-22(18)33/h2-4,6,8,11-13,15,24,27H,5,7,9-10,14H2,1H3,(H,30,34). The molecule has 0 bridgehead atoms. The van der Waals surface area contributed by atoms with E-state index in [0.29, 0.717) is 42.3 Å². The van der Waals surface area contributed by atoms with Gasteiger partial charge in [0.15, 0.2) is 5.65 Å². The average Bonchev–Trinajstić information content (AvgIpc) is 3.64. The van der Waals surface area contributed by atoms with Gasteiger partial charge >= 0.3 is 6.61 Å². The van der Waals surface area contributed by atoms with Crippen molar-refractivity contribution in [3.8, 4) is 17.0 Å². The van der Waals surface area contributed by atoms with E-state index in [-0.39, 0.29) is 17.4 Å². The molecule has 4 aromatic rings. The van der Waals surface area contributed by atoms with Gasteiger partial charge in [0.2, 0.25) is 0 Å². The van der Waals surface area contributed by atoms with Crippen molar-refractivity contribution in [2.24, 2.45) is 0 Å². The average molecular weight is 530 g/mol. The molecule has 1 atom stereocenters. The van der Waals surface area contributed by atoms with Crippen molar-refractivity contribution in [2.75, 3.05) is 31.3 Å². The number of halogens is 2. The SMILES string of the molecule is CSc1ccc(OC(F)F)c(-c2nn(CCNC3CCOC3)cc2NC(=O)c2cnn3cccnc23)c1. The number of alkyl halides is 2. The predicted octanol–water partition coefficient (Wildman–Crippen LogP) is 3.55. The zero-order chi connectivity index (χ0) is 25.8. The minimum absolute atomic E-state index is 0.0348. The number of nitrogens with zero attached hydrogens (tertiary/aromatic N) is 5. The first kappa shape index (κ1) is 25.1. The van der Waals surface area contributed by atoms with Gasteiger partial charge < -0.3 is 20.1 Å². The van der Waals surface area contributed by atoms with E-state index in [0.717, 1.165) is 17.9 Å². The summed E-state index contributed by atoms with van der Waals surface area (Å²) in [6.45, 7) is -0.510. The van der Waals surface area contributed by atoms with Crippen molar-refractivity contribution in [2.45, 2.75) is 30.5 Å². The van der Waals surface area contributed by atoms with Crippen LogP contribution in [0.2, 0.25) is 0 Å². The van der Waals surface area contributed by atoms with Gasteiger partial charge in [-0.3, -0.25) is 9.48 Å². The summed E-state index contributed by atoms with van der Waals surface area (Å²) in [6, 6.07) is 6.88. The topological polar surface area (TPSA) is 108 Å². The van der Waals surface area contributed by atoms with Crippen LogP contribution in [0.25, 0.3) is 16.9 Å².